The molecule has 1 aliphatic heterocycles. The molecule has 0 spiro atoms. The Morgan fingerprint density at radius 2 is 1.85 bits per heavy atom. The summed E-state index contributed by atoms with van der Waals surface area (Å²) < 4.78 is 11.4. The number of benzene rings is 1. The molecule has 0 atom stereocenters. The minimum absolute atomic E-state index is 0.202. The van der Waals surface area contributed by atoms with Gasteiger partial charge < -0.3 is 0 Å². The van der Waals surface area contributed by atoms with Crippen LogP contribution in [0.2, 0.25) is 9.88 Å². The summed E-state index contributed by atoms with van der Waals surface area (Å²) in [7, 11) is 0. The standard InChI is InChI=1S/C7H7NO2.2CH3.Sn/c8-6-4-2-1-3-5(6)7(9)10;;;/h1-4,7H,8H2;2*1H3;/q-2;;;+2. The van der Waals surface area contributed by atoms with Crippen LogP contribution in [0.3, 0.4) is 0 Å². The fourth-order valence-electron chi connectivity index (χ4n) is 1.38. The molecule has 70 valence electrons. The number of hydrogen-bond donors (Lipinski definition) is 1. The van der Waals surface area contributed by atoms with Crippen LogP contribution in [0.15, 0.2) is 24.3 Å². The minimum atomic E-state index is -2.45. The Hall–Kier alpha value is -0.261. The zero-order chi connectivity index (χ0) is 9.47. The van der Waals surface area contributed by atoms with Gasteiger partial charge in [-0.2, -0.15) is 0 Å². The average molecular weight is 286 g/mol. The van der Waals surface area contributed by atoms with Gasteiger partial charge >= 0.3 is 82.8 Å². The van der Waals surface area contributed by atoms with Gasteiger partial charge in [-0.1, -0.05) is 0 Å². The van der Waals surface area contributed by atoms with Crippen LogP contribution in [-0.4, -0.2) is 19.2 Å². The molecule has 1 saturated heterocycles. The van der Waals surface area contributed by atoms with E-state index < -0.39 is 19.2 Å². The number of hydrogen-bond acceptors (Lipinski definition) is 3. The molecule has 1 heterocycles. The van der Waals surface area contributed by atoms with Crippen LogP contribution in [0.1, 0.15) is 11.9 Å². The first-order chi connectivity index (χ1) is 6.08. The van der Waals surface area contributed by atoms with Gasteiger partial charge in [-0.15, -0.1) is 0 Å². The van der Waals surface area contributed by atoms with Crippen molar-refractivity contribution in [1.82, 2.24) is 0 Å². The summed E-state index contributed by atoms with van der Waals surface area (Å²) in [5, 5.41) is 0. The first kappa shape index (κ1) is 9.30. The Balaban J connectivity index is 2.16. The van der Waals surface area contributed by atoms with E-state index in [1.165, 1.54) is 0 Å². The van der Waals surface area contributed by atoms with Crippen LogP contribution in [0.25, 0.3) is 0 Å². The van der Waals surface area contributed by atoms with Crippen LogP contribution < -0.4 is 5.73 Å². The molecule has 0 amide bonds. The van der Waals surface area contributed by atoms with E-state index in [0.717, 1.165) is 11.3 Å². The topological polar surface area (TPSA) is 44.5 Å². The molecule has 1 aromatic carbocycles. The molecule has 0 unspecified atom stereocenters. The van der Waals surface area contributed by atoms with Gasteiger partial charge in [-0.25, -0.2) is 0 Å². The Labute approximate surface area is 82.8 Å². The van der Waals surface area contributed by atoms with Gasteiger partial charge in [0.25, 0.3) is 0 Å². The van der Waals surface area contributed by atoms with E-state index in [9.17, 15) is 0 Å². The second-order valence-corrected chi connectivity index (χ2v) is 12.9. The monoisotopic (exact) mass is 287 g/mol. The van der Waals surface area contributed by atoms with E-state index in [-0.39, 0.29) is 6.29 Å². The molecule has 0 aromatic heterocycles. The summed E-state index contributed by atoms with van der Waals surface area (Å²) >= 11 is -2.45. The summed E-state index contributed by atoms with van der Waals surface area (Å²) in [5.74, 6) is 0. The molecule has 1 aromatic rings. The second-order valence-electron chi connectivity index (χ2n) is 3.60. The van der Waals surface area contributed by atoms with Crippen LogP contribution in [0.4, 0.5) is 5.69 Å². The number of nitrogen functional groups attached to an aromatic ring is 1. The van der Waals surface area contributed by atoms with Gasteiger partial charge in [-0.05, 0) is 0 Å². The molecule has 0 saturated carbocycles. The molecular formula is C9H13NO2Sn. The quantitative estimate of drug-likeness (QED) is 0.634. The summed E-state index contributed by atoms with van der Waals surface area (Å²) in [4.78, 5) is 4.18. The third-order valence-corrected chi connectivity index (χ3v) is 6.49. The molecule has 0 aliphatic carbocycles. The maximum absolute atomic E-state index is 5.78. The summed E-state index contributed by atoms with van der Waals surface area (Å²) in [6.45, 7) is 0. The van der Waals surface area contributed by atoms with Gasteiger partial charge in [0.05, 0.1) is 0 Å². The van der Waals surface area contributed by atoms with Crippen molar-refractivity contribution in [2.24, 2.45) is 0 Å². The van der Waals surface area contributed by atoms with Crippen molar-refractivity contribution in [3.8, 4) is 0 Å². The summed E-state index contributed by atoms with van der Waals surface area (Å²) in [5.41, 5.74) is 7.48. The van der Waals surface area contributed by atoms with E-state index in [2.05, 4.69) is 9.88 Å². The predicted octanol–water partition coefficient (Wildman–Crippen LogP) is 2.02. The molecule has 2 N–H and O–H groups in total. The predicted molar refractivity (Wildman–Crippen MR) is 53.2 cm³/mol. The van der Waals surface area contributed by atoms with Crippen LogP contribution in [0.5, 0.6) is 0 Å². The van der Waals surface area contributed by atoms with E-state index in [4.69, 9.17) is 11.9 Å². The van der Waals surface area contributed by atoms with Crippen LogP contribution in [-0.2, 0) is 6.15 Å². The number of rotatable bonds is 1. The fraction of sp³-hybridized carbons (Fsp3) is 0.333. The van der Waals surface area contributed by atoms with Crippen molar-refractivity contribution in [3.05, 3.63) is 29.8 Å². The molecule has 1 aliphatic rings. The van der Waals surface area contributed by atoms with Crippen molar-refractivity contribution in [2.75, 3.05) is 5.73 Å². The summed E-state index contributed by atoms with van der Waals surface area (Å²) in [6.07, 6.45) is -0.202. The van der Waals surface area contributed by atoms with Crippen molar-refractivity contribution in [1.29, 1.82) is 0 Å². The van der Waals surface area contributed by atoms with Gasteiger partial charge in [0, 0.05) is 0 Å². The number of nitrogens with two attached hydrogens (primary N) is 1. The number of para-hydroxylation sites is 1. The molecule has 2 rings (SSSR count). The van der Waals surface area contributed by atoms with Gasteiger partial charge in [0.15, 0.2) is 0 Å². The average Bonchev–Trinajstić information content (AvgIpc) is 2.01. The van der Waals surface area contributed by atoms with Gasteiger partial charge in [0.1, 0.15) is 0 Å². The normalized spacial score (nSPS) is 21.1. The van der Waals surface area contributed by atoms with E-state index in [1.807, 2.05) is 24.3 Å². The van der Waals surface area contributed by atoms with Gasteiger partial charge in [-0.3, -0.25) is 0 Å². The van der Waals surface area contributed by atoms with Gasteiger partial charge in [0.2, 0.25) is 0 Å². The molecule has 3 nitrogen and oxygen atoms in total. The van der Waals surface area contributed by atoms with Crippen molar-refractivity contribution in [2.45, 2.75) is 16.2 Å². The molecule has 1 fully saturated rings. The third kappa shape index (κ3) is 1.82. The molecule has 13 heavy (non-hydrogen) atoms. The Morgan fingerprint density at radius 3 is 2.38 bits per heavy atom. The second kappa shape index (κ2) is 3.15. The van der Waals surface area contributed by atoms with E-state index in [0.29, 0.717) is 0 Å². The Kier molecular flexibility index (Phi) is 2.25. The van der Waals surface area contributed by atoms with E-state index >= 15 is 0 Å². The van der Waals surface area contributed by atoms with Crippen LogP contribution >= 0.6 is 0 Å². The third-order valence-electron chi connectivity index (χ3n) is 2.03. The van der Waals surface area contributed by atoms with Crippen molar-refractivity contribution in [3.63, 3.8) is 0 Å². The molecule has 4 heteroatoms. The first-order valence-corrected chi connectivity index (χ1v) is 12.3. The zero-order valence-corrected chi connectivity index (χ0v) is 10.6. The summed E-state index contributed by atoms with van der Waals surface area (Å²) in [6, 6.07) is 7.66. The Morgan fingerprint density at radius 1 is 1.23 bits per heavy atom. The first-order valence-electron chi connectivity index (χ1n) is 4.28. The van der Waals surface area contributed by atoms with Crippen LogP contribution in [0, 0.1) is 0 Å². The molecule has 0 radical (unpaired) electrons. The van der Waals surface area contributed by atoms with Crippen molar-refractivity contribution < 1.29 is 6.15 Å². The zero-order valence-electron chi connectivity index (χ0n) is 7.78. The van der Waals surface area contributed by atoms with E-state index in [1.54, 1.807) is 0 Å². The SMILES string of the molecule is [CH3][Sn]1([CH3])[O]C(c2ccccc2N)[O]1. The number of anilines is 1. The maximum atomic E-state index is 5.78. The Bertz CT molecular complexity index is 319. The molecular weight excluding hydrogens is 273 g/mol. The molecule has 0 bridgehead atoms. The van der Waals surface area contributed by atoms with Crippen molar-refractivity contribution >= 4 is 24.9 Å². The fourth-order valence-corrected chi connectivity index (χ4v) is 5.09.